The van der Waals surface area contributed by atoms with E-state index in [4.69, 9.17) is 11.6 Å². The van der Waals surface area contributed by atoms with Crippen LogP contribution < -0.4 is 0 Å². The van der Waals surface area contributed by atoms with Crippen LogP contribution in [0.3, 0.4) is 0 Å². The van der Waals surface area contributed by atoms with E-state index in [-0.39, 0.29) is 0 Å². The molecule has 5 heteroatoms. The smallest absolute Gasteiger partial charge is 0.136 e. The predicted molar refractivity (Wildman–Crippen MR) is 76.8 cm³/mol. The Kier molecular flexibility index (Phi) is 4.55. The van der Waals surface area contributed by atoms with Gasteiger partial charge in [-0.15, -0.1) is 11.6 Å². The average molecular weight is 283 g/mol. The van der Waals surface area contributed by atoms with Gasteiger partial charge in [0, 0.05) is 23.8 Å². The minimum atomic E-state index is 0.579. The number of hydrogen-bond donors (Lipinski definition) is 0. The van der Waals surface area contributed by atoms with Crippen molar-refractivity contribution in [1.29, 1.82) is 0 Å². The Morgan fingerprint density at radius 2 is 2.22 bits per heavy atom. The van der Waals surface area contributed by atoms with Crippen LogP contribution in [0, 0.1) is 6.92 Å². The Bertz CT molecular complexity index is 602. The van der Waals surface area contributed by atoms with Crippen LogP contribution in [0.25, 0.3) is 5.65 Å². The van der Waals surface area contributed by atoms with E-state index in [1.165, 1.54) is 0 Å². The molecule has 0 amide bonds. The Balaban J connectivity index is 2.25. The fraction of sp³-hybridized carbons (Fsp3) is 0.385. The van der Waals surface area contributed by atoms with Gasteiger partial charge in [0.2, 0.25) is 0 Å². The van der Waals surface area contributed by atoms with E-state index in [1.54, 1.807) is 0 Å². The van der Waals surface area contributed by atoms with Crippen LogP contribution in [0.5, 0.6) is 0 Å². The standard InChI is InChI=1S/C13H15ClN2OS/c1-10-8-16-9-11(5-6-13(16)15-10)12(18-17)4-2-3-7-14/h5-6,8-9H,2-4,7H2,1H3. The van der Waals surface area contributed by atoms with Crippen LogP contribution in [-0.2, 0) is 11.3 Å². The summed E-state index contributed by atoms with van der Waals surface area (Å²) in [7, 11) is 0. The number of imidazole rings is 1. The lowest BCUT2D eigenvalue weighted by atomic mass is 10.1. The molecule has 0 aliphatic carbocycles. The van der Waals surface area contributed by atoms with Gasteiger partial charge in [-0.25, -0.2) is 9.19 Å². The van der Waals surface area contributed by atoms with E-state index in [2.05, 4.69) is 4.98 Å². The monoisotopic (exact) mass is 282 g/mol. The fourth-order valence-corrected chi connectivity index (χ4v) is 2.53. The summed E-state index contributed by atoms with van der Waals surface area (Å²) in [6.45, 7) is 1.96. The van der Waals surface area contributed by atoms with Crippen LogP contribution in [-0.4, -0.2) is 24.3 Å². The zero-order valence-electron chi connectivity index (χ0n) is 10.2. The summed E-state index contributed by atoms with van der Waals surface area (Å²) in [5.74, 6) is 0.649. The van der Waals surface area contributed by atoms with Crippen LogP contribution >= 0.6 is 11.6 Å². The molecular weight excluding hydrogens is 268 g/mol. The third kappa shape index (κ3) is 3.00. The van der Waals surface area contributed by atoms with E-state index in [1.807, 2.05) is 35.9 Å². The highest BCUT2D eigenvalue weighted by Gasteiger charge is 2.05. The molecule has 0 unspecified atom stereocenters. The lowest BCUT2D eigenvalue weighted by molar-refractivity contribution is 0.700. The quantitative estimate of drug-likeness (QED) is 0.366. The first-order valence-corrected chi connectivity index (χ1v) is 7.19. The van der Waals surface area contributed by atoms with Crippen molar-refractivity contribution in [3.63, 3.8) is 0 Å². The third-order valence-electron chi connectivity index (χ3n) is 2.78. The molecule has 0 aliphatic rings. The fourth-order valence-electron chi connectivity index (χ4n) is 1.90. The number of rotatable bonds is 5. The SMILES string of the molecule is Cc1cn2cc(C(CCCCCl)=S=O)ccc2n1. The van der Waals surface area contributed by atoms with Crippen molar-refractivity contribution in [3.05, 3.63) is 35.8 Å². The molecule has 0 saturated carbocycles. The molecule has 18 heavy (non-hydrogen) atoms. The van der Waals surface area contributed by atoms with Crippen molar-refractivity contribution >= 4 is 33.4 Å². The van der Waals surface area contributed by atoms with Gasteiger partial charge in [0.1, 0.15) is 5.65 Å². The van der Waals surface area contributed by atoms with E-state index in [0.29, 0.717) is 17.1 Å². The molecule has 0 saturated heterocycles. The van der Waals surface area contributed by atoms with Gasteiger partial charge in [-0.1, -0.05) is 0 Å². The first kappa shape index (κ1) is 13.3. The summed E-state index contributed by atoms with van der Waals surface area (Å²) in [6, 6.07) is 3.91. The van der Waals surface area contributed by atoms with Gasteiger partial charge in [-0.2, -0.15) is 0 Å². The topological polar surface area (TPSA) is 34.4 Å². The summed E-state index contributed by atoms with van der Waals surface area (Å²) in [5.41, 5.74) is 2.87. The van der Waals surface area contributed by atoms with Crippen molar-refractivity contribution in [2.45, 2.75) is 26.2 Å². The lowest BCUT2D eigenvalue weighted by Crippen LogP contribution is -2.02. The number of alkyl halides is 1. The molecule has 0 aliphatic heterocycles. The number of unbranched alkanes of at least 4 members (excludes halogenated alkanes) is 1. The van der Waals surface area contributed by atoms with E-state index in [0.717, 1.165) is 41.0 Å². The van der Waals surface area contributed by atoms with Crippen molar-refractivity contribution in [2.75, 3.05) is 5.88 Å². The highest BCUT2D eigenvalue weighted by Crippen LogP contribution is 2.11. The van der Waals surface area contributed by atoms with Gasteiger partial charge in [-0.3, -0.25) is 0 Å². The summed E-state index contributed by atoms with van der Waals surface area (Å²) in [6.07, 6.45) is 6.62. The zero-order chi connectivity index (χ0) is 13.0. The summed E-state index contributed by atoms with van der Waals surface area (Å²) < 4.78 is 13.1. The van der Waals surface area contributed by atoms with Crippen molar-refractivity contribution < 1.29 is 4.21 Å². The number of aryl methyl sites for hydroxylation is 1. The van der Waals surface area contributed by atoms with Crippen molar-refractivity contribution in [1.82, 2.24) is 9.38 Å². The molecule has 96 valence electrons. The highest BCUT2D eigenvalue weighted by molar-refractivity contribution is 7.67. The van der Waals surface area contributed by atoms with Crippen molar-refractivity contribution in [2.24, 2.45) is 0 Å². The van der Waals surface area contributed by atoms with Gasteiger partial charge < -0.3 is 4.40 Å². The molecule has 3 nitrogen and oxygen atoms in total. The zero-order valence-corrected chi connectivity index (χ0v) is 11.8. The molecule has 0 spiro atoms. The second-order valence-corrected chi connectivity index (χ2v) is 5.26. The van der Waals surface area contributed by atoms with Gasteiger partial charge in [0.25, 0.3) is 0 Å². The van der Waals surface area contributed by atoms with E-state index < -0.39 is 0 Å². The summed E-state index contributed by atoms with van der Waals surface area (Å²) >= 11 is 6.23. The molecule has 0 fully saturated rings. The predicted octanol–water partition coefficient (Wildman–Crippen LogP) is 2.79. The molecule has 0 atom stereocenters. The Morgan fingerprint density at radius 3 is 2.94 bits per heavy atom. The number of halogens is 1. The molecule has 0 N–H and O–H groups in total. The highest BCUT2D eigenvalue weighted by atomic mass is 35.5. The number of aromatic nitrogens is 2. The maximum atomic E-state index is 11.2. The molecule has 2 heterocycles. The van der Waals surface area contributed by atoms with E-state index >= 15 is 0 Å². The van der Waals surface area contributed by atoms with E-state index in [9.17, 15) is 4.21 Å². The van der Waals surface area contributed by atoms with Crippen LogP contribution in [0.1, 0.15) is 30.5 Å². The molecule has 2 aromatic rings. The largest absolute Gasteiger partial charge is 0.306 e. The first-order chi connectivity index (χ1) is 8.74. The minimum absolute atomic E-state index is 0.579. The average Bonchev–Trinajstić information content (AvgIpc) is 2.74. The molecule has 2 rings (SSSR count). The van der Waals surface area contributed by atoms with Crippen LogP contribution in [0.2, 0.25) is 0 Å². The number of hydrogen-bond acceptors (Lipinski definition) is 2. The Morgan fingerprint density at radius 1 is 1.39 bits per heavy atom. The number of pyridine rings is 1. The lowest BCUT2D eigenvalue weighted by Gasteiger charge is -2.03. The van der Waals surface area contributed by atoms with Crippen LogP contribution in [0.4, 0.5) is 0 Å². The Labute approximate surface area is 115 Å². The van der Waals surface area contributed by atoms with Gasteiger partial charge >= 0.3 is 0 Å². The molecule has 2 aromatic heterocycles. The maximum Gasteiger partial charge on any atom is 0.136 e. The maximum absolute atomic E-state index is 11.2. The van der Waals surface area contributed by atoms with Crippen LogP contribution in [0.15, 0.2) is 24.5 Å². The molecule has 0 aromatic carbocycles. The van der Waals surface area contributed by atoms with Gasteiger partial charge in [0.15, 0.2) is 0 Å². The summed E-state index contributed by atoms with van der Waals surface area (Å²) in [4.78, 5) is 5.24. The first-order valence-electron chi connectivity index (χ1n) is 5.92. The molecule has 0 bridgehead atoms. The van der Waals surface area contributed by atoms with Crippen molar-refractivity contribution in [3.8, 4) is 0 Å². The number of fused-ring (bicyclic) bond motifs is 1. The van der Waals surface area contributed by atoms with Gasteiger partial charge in [0.05, 0.1) is 21.8 Å². The molecular formula is C13H15ClN2OS. The Hall–Kier alpha value is -1.13. The second-order valence-electron chi connectivity index (χ2n) is 4.22. The van der Waals surface area contributed by atoms with Gasteiger partial charge in [-0.05, 0) is 38.3 Å². The summed E-state index contributed by atoms with van der Waals surface area (Å²) in [5, 5.41) is 0. The number of nitrogens with zero attached hydrogens (tertiary/aromatic N) is 2. The third-order valence-corrected chi connectivity index (χ3v) is 3.69. The molecule has 0 radical (unpaired) electrons. The normalized spacial score (nSPS) is 10.8. The minimum Gasteiger partial charge on any atom is -0.306 e. The second kappa shape index (κ2) is 6.16.